The van der Waals surface area contributed by atoms with E-state index < -0.39 is 17.5 Å². The third kappa shape index (κ3) is 2.85. The van der Waals surface area contributed by atoms with Gasteiger partial charge in [-0.25, -0.2) is 13.8 Å². The molecule has 0 spiro atoms. The van der Waals surface area contributed by atoms with Crippen LogP contribution < -0.4 is 11.1 Å². The second kappa shape index (κ2) is 5.01. The maximum absolute atomic E-state index is 13.5. The van der Waals surface area contributed by atoms with Gasteiger partial charge in [0.25, 0.3) is 5.91 Å². The van der Waals surface area contributed by atoms with Crippen LogP contribution in [0.5, 0.6) is 0 Å². The average molecular weight is 263 g/mol. The van der Waals surface area contributed by atoms with Gasteiger partial charge < -0.3 is 11.1 Å². The number of anilines is 2. The first-order valence-electron chi connectivity index (χ1n) is 5.46. The number of pyridine rings is 1. The Morgan fingerprint density at radius 3 is 2.63 bits per heavy atom. The number of hydrogen-bond donors (Lipinski definition) is 2. The summed E-state index contributed by atoms with van der Waals surface area (Å²) in [6.45, 7) is 1.52. The molecule has 2 rings (SSSR count). The van der Waals surface area contributed by atoms with Gasteiger partial charge in [0.1, 0.15) is 17.5 Å². The van der Waals surface area contributed by atoms with Crippen molar-refractivity contribution in [3.05, 3.63) is 53.2 Å². The molecule has 1 aromatic carbocycles. The average Bonchev–Trinajstić information content (AvgIpc) is 2.38. The Balaban J connectivity index is 2.23. The van der Waals surface area contributed by atoms with Crippen molar-refractivity contribution in [2.75, 3.05) is 11.1 Å². The minimum Gasteiger partial charge on any atom is -0.398 e. The number of amides is 1. The predicted molar refractivity (Wildman–Crippen MR) is 67.7 cm³/mol. The van der Waals surface area contributed by atoms with Crippen LogP contribution in [0.2, 0.25) is 0 Å². The SMILES string of the molecule is Cc1c(N)cc(C(=O)Nc2ccc(F)cn2)cc1F. The van der Waals surface area contributed by atoms with Crippen molar-refractivity contribution in [1.82, 2.24) is 4.98 Å². The molecule has 4 nitrogen and oxygen atoms in total. The van der Waals surface area contributed by atoms with Crippen molar-refractivity contribution in [3.63, 3.8) is 0 Å². The maximum Gasteiger partial charge on any atom is 0.256 e. The number of nitrogens with one attached hydrogen (secondary N) is 1. The lowest BCUT2D eigenvalue weighted by Gasteiger charge is -2.07. The van der Waals surface area contributed by atoms with E-state index in [0.29, 0.717) is 0 Å². The van der Waals surface area contributed by atoms with Gasteiger partial charge in [-0.15, -0.1) is 0 Å². The molecule has 1 aromatic heterocycles. The van der Waals surface area contributed by atoms with Gasteiger partial charge in [0, 0.05) is 16.8 Å². The molecule has 0 saturated heterocycles. The molecule has 0 saturated carbocycles. The zero-order valence-electron chi connectivity index (χ0n) is 10.1. The number of aromatic nitrogens is 1. The van der Waals surface area contributed by atoms with Crippen LogP contribution in [0, 0.1) is 18.6 Å². The lowest BCUT2D eigenvalue weighted by Crippen LogP contribution is -2.14. The zero-order chi connectivity index (χ0) is 14.0. The fraction of sp³-hybridized carbons (Fsp3) is 0.0769. The first-order valence-corrected chi connectivity index (χ1v) is 5.46. The fourth-order valence-corrected chi connectivity index (χ4v) is 1.47. The molecular weight excluding hydrogens is 252 g/mol. The summed E-state index contributed by atoms with van der Waals surface area (Å²) < 4.78 is 26.1. The molecule has 0 bridgehead atoms. The molecule has 2 aromatic rings. The van der Waals surface area contributed by atoms with Crippen LogP contribution in [0.1, 0.15) is 15.9 Å². The summed E-state index contributed by atoms with van der Waals surface area (Å²) in [4.78, 5) is 15.5. The van der Waals surface area contributed by atoms with Gasteiger partial charge in [0.15, 0.2) is 0 Å². The Kier molecular flexibility index (Phi) is 3.41. The third-order valence-corrected chi connectivity index (χ3v) is 2.62. The Morgan fingerprint density at radius 1 is 1.32 bits per heavy atom. The summed E-state index contributed by atoms with van der Waals surface area (Å²) >= 11 is 0. The quantitative estimate of drug-likeness (QED) is 0.818. The van der Waals surface area contributed by atoms with Gasteiger partial charge in [0.2, 0.25) is 0 Å². The van der Waals surface area contributed by atoms with Crippen LogP contribution in [0.15, 0.2) is 30.5 Å². The zero-order valence-corrected chi connectivity index (χ0v) is 10.1. The first kappa shape index (κ1) is 12.9. The highest BCUT2D eigenvalue weighted by molar-refractivity contribution is 6.04. The summed E-state index contributed by atoms with van der Waals surface area (Å²) in [5.74, 6) is -1.46. The van der Waals surface area contributed by atoms with E-state index in [1.165, 1.54) is 19.1 Å². The number of nitrogens with zero attached hydrogens (tertiary/aromatic N) is 1. The van der Waals surface area contributed by atoms with Crippen LogP contribution >= 0.6 is 0 Å². The Labute approximate surface area is 108 Å². The van der Waals surface area contributed by atoms with E-state index in [0.717, 1.165) is 18.3 Å². The monoisotopic (exact) mass is 263 g/mol. The highest BCUT2D eigenvalue weighted by Crippen LogP contribution is 2.18. The smallest absolute Gasteiger partial charge is 0.256 e. The van der Waals surface area contributed by atoms with Crippen molar-refractivity contribution in [1.29, 1.82) is 0 Å². The number of benzene rings is 1. The van der Waals surface area contributed by atoms with Gasteiger partial charge in [0.05, 0.1) is 6.20 Å². The molecule has 1 heterocycles. The molecule has 1 amide bonds. The second-order valence-electron chi connectivity index (χ2n) is 3.99. The lowest BCUT2D eigenvalue weighted by atomic mass is 10.1. The minimum absolute atomic E-state index is 0.0757. The van der Waals surface area contributed by atoms with Crippen molar-refractivity contribution >= 4 is 17.4 Å². The van der Waals surface area contributed by atoms with Gasteiger partial charge in [-0.05, 0) is 31.2 Å². The number of carbonyl (C=O) groups is 1. The summed E-state index contributed by atoms with van der Waals surface area (Å²) in [7, 11) is 0. The van der Waals surface area contributed by atoms with Crippen molar-refractivity contribution in [2.45, 2.75) is 6.92 Å². The number of rotatable bonds is 2. The topological polar surface area (TPSA) is 68.0 Å². The number of nitrogens with two attached hydrogens (primary N) is 1. The third-order valence-electron chi connectivity index (χ3n) is 2.62. The molecule has 0 unspecified atom stereocenters. The molecule has 98 valence electrons. The van der Waals surface area contributed by atoms with Crippen LogP contribution in [-0.4, -0.2) is 10.9 Å². The molecule has 0 aliphatic carbocycles. The number of halogens is 2. The minimum atomic E-state index is -0.565. The van der Waals surface area contributed by atoms with Crippen LogP contribution in [-0.2, 0) is 0 Å². The molecule has 19 heavy (non-hydrogen) atoms. The molecular formula is C13H11F2N3O. The van der Waals surface area contributed by atoms with Gasteiger partial charge >= 0.3 is 0 Å². The van der Waals surface area contributed by atoms with Gasteiger partial charge in [-0.2, -0.15) is 0 Å². The van der Waals surface area contributed by atoms with Crippen molar-refractivity contribution < 1.29 is 13.6 Å². The van der Waals surface area contributed by atoms with Crippen molar-refractivity contribution in [2.24, 2.45) is 0 Å². The largest absolute Gasteiger partial charge is 0.398 e. The summed E-state index contributed by atoms with van der Waals surface area (Å²) in [6.07, 6.45) is 0.972. The molecule has 0 aliphatic heterocycles. The maximum atomic E-state index is 13.5. The van der Waals surface area contributed by atoms with Crippen LogP contribution in [0.3, 0.4) is 0 Å². The van der Waals surface area contributed by atoms with Crippen LogP contribution in [0.25, 0.3) is 0 Å². The molecule has 0 atom stereocenters. The second-order valence-corrected chi connectivity index (χ2v) is 3.99. The Hall–Kier alpha value is -2.50. The Bertz CT molecular complexity index is 603. The molecule has 6 heteroatoms. The summed E-state index contributed by atoms with van der Waals surface area (Å²) in [5.41, 5.74) is 6.14. The highest BCUT2D eigenvalue weighted by Gasteiger charge is 2.11. The lowest BCUT2D eigenvalue weighted by molar-refractivity contribution is 0.102. The number of hydrogen-bond acceptors (Lipinski definition) is 3. The molecule has 0 radical (unpaired) electrons. The molecule has 0 fully saturated rings. The van der Waals surface area contributed by atoms with Crippen molar-refractivity contribution in [3.8, 4) is 0 Å². The van der Waals surface area contributed by atoms with E-state index in [2.05, 4.69) is 10.3 Å². The van der Waals surface area contributed by atoms with Gasteiger partial charge in [-0.1, -0.05) is 0 Å². The fourth-order valence-electron chi connectivity index (χ4n) is 1.47. The molecule has 3 N–H and O–H groups in total. The summed E-state index contributed by atoms with van der Waals surface area (Å²) in [6, 6.07) is 4.93. The normalized spacial score (nSPS) is 10.3. The van der Waals surface area contributed by atoms with E-state index in [1.807, 2.05) is 0 Å². The van der Waals surface area contributed by atoms with E-state index in [9.17, 15) is 13.6 Å². The van der Waals surface area contributed by atoms with Gasteiger partial charge in [-0.3, -0.25) is 4.79 Å². The van der Waals surface area contributed by atoms with E-state index in [1.54, 1.807) is 0 Å². The number of nitrogen functional groups attached to an aromatic ring is 1. The Morgan fingerprint density at radius 2 is 2.05 bits per heavy atom. The molecule has 0 aliphatic rings. The van der Waals surface area contributed by atoms with E-state index in [-0.39, 0.29) is 22.6 Å². The standard InChI is InChI=1S/C13H11F2N3O/c1-7-10(15)4-8(5-11(7)16)13(19)18-12-3-2-9(14)6-17-12/h2-6H,16H2,1H3,(H,17,18,19). The van der Waals surface area contributed by atoms with E-state index in [4.69, 9.17) is 5.73 Å². The van der Waals surface area contributed by atoms with Crippen LogP contribution in [0.4, 0.5) is 20.3 Å². The summed E-state index contributed by atoms with van der Waals surface area (Å²) in [5, 5.41) is 2.42. The number of carbonyl (C=O) groups excluding carboxylic acids is 1. The highest BCUT2D eigenvalue weighted by atomic mass is 19.1. The van der Waals surface area contributed by atoms with E-state index >= 15 is 0 Å². The first-order chi connectivity index (χ1) is 8.97. The predicted octanol–water partition coefficient (Wildman–Crippen LogP) is 2.50.